The first-order valence-corrected chi connectivity index (χ1v) is 14.3. The first kappa shape index (κ1) is 28.8. The summed E-state index contributed by atoms with van der Waals surface area (Å²) in [6.45, 7) is 8.78. The molecule has 1 aliphatic rings. The minimum atomic E-state index is -0.553. The lowest BCUT2D eigenvalue weighted by Crippen LogP contribution is -2.28. The van der Waals surface area contributed by atoms with E-state index in [0.29, 0.717) is 30.8 Å². The van der Waals surface area contributed by atoms with Crippen LogP contribution in [-0.2, 0) is 17.8 Å². The number of ether oxygens (including phenoxy) is 1. The van der Waals surface area contributed by atoms with E-state index >= 15 is 0 Å². The van der Waals surface area contributed by atoms with Crippen molar-refractivity contribution in [2.45, 2.75) is 53.2 Å². The highest BCUT2D eigenvalue weighted by atomic mass is 16.7. The third-order valence-corrected chi connectivity index (χ3v) is 7.03. The Kier molecular flexibility index (Phi) is 8.83. The molecule has 0 spiro atoms. The van der Waals surface area contributed by atoms with Crippen LogP contribution in [0, 0.1) is 6.92 Å². The summed E-state index contributed by atoms with van der Waals surface area (Å²) in [5, 5.41) is 2.79. The molecule has 0 saturated heterocycles. The van der Waals surface area contributed by atoms with Gasteiger partial charge in [0.25, 0.3) is 5.56 Å². The first-order chi connectivity index (χ1) is 20.3. The van der Waals surface area contributed by atoms with Gasteiger partial charge in [0, 0.05) is 17.7 Å². The van der Waals surface area contributed by atoms with Crippen molar-refractivity contribution in [3.05, 3.63) is 112 Å². The number of rotatable bonds is 9. The number of amides is 1. The lowest BCUT2D eigenvalue weighted by molar-refractivity contribution is 0.102. The van der Waals surface area contributed by atoms with E-state index in [0.717, 1.165) is 51.5 Å². The van der Waals surface area contributed by atoms with Gasteiger partial charge >= 0.3 is 6.09 Å². The van der Waals surface area contributed by atoms with Gasteiger partial charge in [0.1, 0.15) is 11.6 Å². The van der Waals surface area contributed by atoms with Crippen LogP contribution < -0.4 is 21.1 Å². The quantitative estimate of drug-likeness (QED) is 0.249. The normalized spacial score (nSPS) is 13.3. The minimum absolute atomic E-state index is 0.0511. The number of aromatic nitrogens is 2. The zero-order chi connectivity index (χ0) is 29.6. The number of aryl methyl sites for hydroxylation is 2. The molecule has 0 unspecified atom stereocenters. The van der Waals surface area contributed by atoms with Crippen LogP contribution in [-0.4, -0.2) is 28.3 Å². The summed E-state index contributed by atoms with van der Waals surface area (Å²) in [6.07, 6.45) is 3.00. The average Bonchev–Trinajstić information content (AvgIpc) is 3.20. The molecule has 0 atom stereocenters. The molecule has 2 heterocycles. The third-order valence-electron chi connectivity index (χ3n) is 7.03. The van der Waals surface area contributed by atoms with Crippen molar-refractivity contribution in [3.8, 4) is 28.0 Å². The highest BCUT2D eigenvalue weighted by molar-refractivity contribution is 5.88. The standard InChI is InChI=1S/C34H36N4O4/c1-5-8-31-36-23(4)32(26-15-17-27(18-16-26)41-22(2)3)33(39)38(31)21-24-11-13-25(14-12-24)28-9-6-7-10-29(28)30-19-20-35-42-34(40)37-30/h6-7,9-19,22,35H,5,8,20-21H2,1-4H3,(H,37,40). The second kappa shape index (κ2) is 12.9. The van der Waals surface area contributed by atoms with Gasteiger partial charge in [-0.15, -0.1) is 5.48 Å². The van der Waals surface area contributed by atoms with Gasteiger partial charge in [0.2, 0.25) is 0 Å². The van der Waals surface area contributed by atoms with Gasteiger partial charge in [-0.1, -0.05) is 67.6 Å². The van der Waals surface area contributed by atoms with E-state index in [9.17, 15) is 9.59 Å². The Morgan fingerprint density at radius 1 is 0.952 bits per heavy atom. The number of carbonyl (C=O) groups is 1. The number of benzene rings is 3. The second-order valence-electron chi connectivity index (χ2n) is 10.5. The van der Waals surface area contributed by atoms with Crippen molar-refractivity contribution in [1.29, 1.82) is 0 Å². The fourth-order valence-corrected chi connectivity index (χ4v) is 5.16. The Hall–Kier alpha value is -4.69. The van der Waals surface area contributed by atoms with Gasteiger partial charge in [-0.2, -0.15) is 0 Å². The van der Waals surface area contributed by atoms with Crippen LogP contribution in [0.5, 0.6) is 5.75 Å². The van der Waals surface area contributed by atoms with E-state index < -0.39 is 6.09 Å². The zero-order valence-electron chi connectivity index (χ0n) is 24.4. The number of nitrogens with zero attached hydrogens (tertiary/aromatic N) is 2. The van der Waals surface area contributed by atoms with E-state index in [2.05, 4.69) is 17.7 Å². The molecule has 3 aromatic carbocycles. The Labute approximate surface area is 246 Å². The number of hydrogen-bond donors (Lipinski definition) is 2. The summed E-state index contributed by atoms with van der Waals surface area (Å²) in [6, 6.07) is 23.7. The monoisotopic (exact) mass is 564 g/mol. The molecule has 0 bridgehead atoms. The maximum Gasteiger partial charge on any atom is 0.430 e. The van der Waals surface area contributed by atoms with Crippen LogP contribution in [0.3, 0.4) is 0 Å². The SMILES string of the molecule is CCCc1nc(C)c(-c2ccc(OC(C)C)cc2)c(=O)n1Cc1ccc(-c2ccccc2C2=CCNOC(=O)N2)cc1. The molecule has 8 heteroatoms. The third kappa shape index (κ3) is 6.44. The molecule has 1 aromatic heterocycles. The summed E-state index contributed by atoms with van der Waals surface area (Å²) in [5.41, 5.74) is 9.25. The van der Waals surface area contributed by atoms with Gasteiger partial charge in [-0.3, -0.25) is 14.7 Å². The highest BCUT2D eigenvalue weighted by Gasteiger charge is 2.18. The van der Waals surface area contributed by atoms with E-state index in [1.165, 1.54) is 0 Å². The van der Waals surface area contributed by atoms with Crippen LogP contribution in [0.2, 0.25) is 0 Å². The molecule has 0 fully saturated rings. The summed E-state index contributed by atoms with van der Waals surface area (Å²) < 4.78 is 7.58. The molecule has 0 radical (unpaired) electrons. The number of hydroxylamine groups is 1. The van der Waals surface area contributed by atoms with Crippen molar-refractivity contribution in [1.82, 2.24) is 20.3 Å². The van der Waals surface area contributed by atoms with Crippen LogP contribution in [0.15, 0.2) is 83.7 Å². The van der Waals surface area contributed by atoms with Crippen molar-refractivity contribution in [2.75, 3.05) is 6.54 Å². The maximum atomic E-state index is 14.0. The molecular formula is C34H36N4O4. The molecule has 2 N–H and O–H groups in total. The molecule has 0 aliphatic carbocycles. The fourth-order valence-electron chi connectivity index (χ4n) is 5.16. The molecule has 5 rings (SSSR count). The molecule has 8 nitrogen and oxygen atoms in total. The molecule has 4 aromatic rings. The van der Waals surface area contributed by atoms with Crippen molar-refractivity contribution in [3.63, 3.8) is 0 Å². The highest BCUT2D eigenvalue weighted by Crippen LogP contribution is 2.29. The topological polar surface area (TPSA) is 94.5 Å². The Balaban J connectivity index is 1.46. The van der Waals surface area contributed by atoms with Crippen LogP contribution in [0.1, 0.15) is 49.8 Å². The molecule has 1 aliphatic heterocycles. The lowest BCUT2D eigenvalue weighted by atomic mass is 9.96. The fraction of sp³-hybridized carbons (Fsp3) is 0.265. The van der Waals surface area contributed by atoms with Gasteiger partial charge < -0.3 is 9.57 Å². The predicted molar refractivity (Wildman–Crippen MR) is 165 cm³/mol. The minimum Gasteiger partial charge on any atom is -0.491 e. The van der Waals surface area contributed by atoms with Gasteiger partial charge in [-0.05, 0) is 67.7 Å². The number of carbonyl (C=O) groups excluding carboxylic acids is 1. The molecule has 42 heavy (non-hydrogen) atoms. The van der Waals surface area contributed by atoms with Crippen LogP contribution in [0.25, 0.3) is 28.0 Å². The van der Waals surface area contributed by atoms with Crippen LogP contribution in [0.4, 0.5) is 4.79 Å². The summed E-state index contributed by atoms with van der Waals surface area (Å²) in [4.78, 5) is 35.7. The van der Waals surface area contributed by atoms with Gasteiger partial charge in [0.15, 0.2) is 0 Å². The number of hydrogen-bond acceptors (Lipinski definition) is 6. The van der Waals surface area contributed by atoms with E-state index in [-0.39, 0.29) is 11.7 Å². The molecule has 1 amide bonds. The Morgan fingerprint density at radius 3 is 2.33 bits per heavy atom. The summed E-state index contributed by atoms with van der Waals surface area (Å²) in [5.74, 6) is 1.55. The number of nitrogens with one attached hydrogen (secondary N) is 2. The smallest absolute Gasteiger partial charge is 0.430 e. The zero-order valence-corrected chi connectivity index (χ0v) is 24.4. The van der Waals surface area contributed by atoms with Crippen molar-refractivity contribution < 1.29 is 14.4 Å². The van der Waals surface area contributed by atoms with Crippen molar-refractivity contribution >= 4 is 11.8 Å². The molecule has 216 valence electrons. The maximum absolute atomic E-state index is 14.0. The first-order valence-electron chi connectivity index (χ1n) is 14.3. The van der Waals surface area contributed by atoms with Gasteiger partial charge in [0.05, 0.1) is 30.5 Å². The van der Waals surface area contributed by atoms with Crippen molar-refractivity contribution in [2.24, 2.45) is 0 Å². The van der Waals surface area contributed by atoms with Crippen LogP contribution >= 0.6 is 0 Å². The van der Waals surface area contributed by atoms with Gasteiger partial charge in [-0.25, -0.2) is 9.78 Å². The van der Waals surface area contributed by atoms with E-state index in [1.807, 2.05) is 99.6 Å². The van der Waals surface area contributed by atoms with E-state index in [4.69, 9.17) is 14.6 Å². The van der Waals surface area contributed by atoms with E-state index in [1.54, 1.807) is 4.57 Å². The summed E-state index contributed by atoms with van der Waals surface area (Å²) in [7, 11) is 0. The average molecular weight is 565 g/mol. The largest absolute Gasteiger partial charge is 0.491 e. The second-order valence-corrected chi connectivity index (χ2v) is 10.5. The Morgan fingerprint density at radius 2 is 1.64 bits per heavy atom. The molecular weight excluding hydrogens is 528 g/mol. The lowest BCUT2D eigenvalue weighted by Gasteiger charge is -2.17. The molecule has 0 saturated carbocycles. The Bertz CT molecular complexity index is 1650. The summed E-state index contributed by atoms with van der Waals surface area (Å²) >= 11 is 0. The predicted octanol–water partition coefficient (Wildman–Crippen LogP) is 6.26.